The molecule has 1 aromatic rings. The Morgan fingerprint density at radius 1 is 1.20 bits per heavy atom. The first-order chi connectivity index (χ1) is 14.7. The Morgan fingerprint density at radius 2 is 1.97 bits per heavy atom. The van der Waals surface area contributed by atoms with Crippen LogP contribution >= 0.6 is 0 Å². The number of amides is 1. The van der Waals surface area contributed by atoms with E-state index in [1.807, 2.05) is 11.0 Å². The highest BCUT2D eigenvalue weighted by molar-refractivity contribution is 5.94. The molecule has 1 amide bonds. The molecule has 5 rings (SSSR count). The van der Waals surface area contributed by atoms with Crippen LogP contribution < -0.4 is 0 Å². The number of nitriles is 1. The maximum Gasteiger partial charge on any atom is 0.253 e. The number of piperidine rings is 1. The Labute approximate surface area is 178 Å². The Morgan fingerprint density at radius 3 is 2.67 bits per heavy atom. The molecule has 1 unspecified atom stereocenters. The van der Waals surface area contributed by atoms with Crippen molar-refractivity contribution in [3.8, 4) is 6.07 Å². The third-order valence-corrected chi connectivity index (χ3v) is 7.55. The molecule has 3 saturated heterocycles. The summed E-state index contributed by atoms with van der Waals surface area (Å²) in [4.78, 5) is 17.5. The van der Waals surface area contributed by atoms with Gasteiger partial charge in [-0.05, 0) is 62.6 Å². The van der Waals surface area contributed by atoms with Crippen LogP contribution in [0.1, 0.15) is 54.4 Å². The van der Waals surface area contributed by atoms with E-state index in [9.17, 15) is 4.79 Å². The summed E-state index contributed by atoms with van der Waals surface area (Å²) < 4.78 is 12.0. The molecule has 0 N–H and O–H groups in total. The van der Waals surface area contributed by atoms with E-state index in [1.165, 1.54) is 12.8 Å². The molecule has 6 nitrogen and oxygen atoms in total. The summed E-state index contributed by atoms with van der Waals surface area (Å²) >= 11 is 0. The molecule has 4 fully saturated rings. The van der Waals surface area contributed by atoms with Gasteiger partial charge in [0.25, 0.3) is 5.91 Å². The third kappa shape index (κ3) is 3.75. The minimum atomic E-state index is 0.0422. The average molecular weight is 410 g/mol. The fourth-order valence-corrected chi connectivity index (χ4v) is 5.48. The number of rotatable bonds is 5. The van der Waals surface area contributed by atoms with Crippen molar-refractivity contribution < 1.29 is 14.3 Å². The molecule has 1 saturated carbocycles. The average Bonchev–Trinajstić information content (AvgIpc) is 3.63. The topological polar surface area (TPSA) is 65.8 Å². The van der Waals surface area contributed by atoms with Crippen LogP contribution in [-0.2, 0) is 9.47 Å². The number of benzene rings is 1. The number of ether oxygens (including phenoxy) is 2. The van der Waals surface area contributed by atoms with Crippen molar-refractivity contribution in [2.75, 3.05) is 39.5 Å². The summed E-state index contributed by atoms with van der Waals surface area (Å²) in [5.41, 5.74) is 1.30. The largest absolute Gasteiger partial charge is 0.381 e. The highest BCUT2D eigenvalue weighted by atomic mass is 16.5. The van der Waals surface area contributed by atoms with Gasteiger partial charge in [-0.15, -0.1) is 0 Å². The Balaban J connectivity index is 1.20. The zero-order valence-electron chi connectivity index (χ0n) is 17.6. The van der Waals surface area contributed by atoms with Crippen molar-refractivity contribution in [3.63, 3.8) is 0 Å². The lowest BCUT2D eigenvalue weighted by atomic mass is 9.73. The summed E-state index contributed by atoms with van der Waals surface area (Å²) in [6.07, 6.45) is 7.12. The molecule has 6 heteroatoms. The first-order valence-electron chi connectivity index (χ1n) is 11.5. The van der Waals surface area contributed by atoms with E-state index in [0.717, 1.165) is 71.1 Å². The quantitative estimate of drug-likeness (QED) is 0.748. The standard InChI is InChI=1S/C24H31N3O3/c25-15-19-2-1-3-20(14-19)23(28)26-10-6-21(7-11-26)27-16-22(30-17-18-4-5-18)24(27)8-12-29-13-9-24/h1-3,14,18,21-22H,4-13,16-17H2. The minimum absolute atomic E-state index is 0.0422. The lowest BCUT2D eigenvalue weighted by Crippen LogP contribution is -2.76. The van der Waals surface area contributed by atoms with Crippen molar-refractivity contribution in [3.05, 3.63) is 35.4 Å². The first kappa shape index (κ1) is 20.0. The third-order valence-electron chi connectivity index (χ3n) is 7.55. The number of hydrogen-bond donors (Lipinski definition) is 0. The van der Waals surface area contributed by atoms with Crippen LogP contribution in [0.5, 0.6) is 0 Å². The van der Waals surface area contributed by atoms with Gasteiger partial charge in [0, 0.05) is 51.1 Å². The van der Waals surface area contributed by atoms with E-state index in [1.54, 1.807) is 18.2 Å². The molecule has 0 bridgehead atoms. The van der Waals surface area contributed by atoms with Gasteiger partial charge in [-0.3, -0.25) is 9.69 Å². The van der Waals surface area contributed by atoms with Gasteiger partial charge < -0.3 is 14.4 Å². The number of carbonyl (C=O) groups is 1. The molecule has 3 heterocycles. The zero-order chi connectivity index (χ0) is 20.6. The first-order valence-corrected chi connectivity index (χ1v) is 11.5. The summed E-state index contributed by atoms with van der Waals surface area (Å²) in [6.45, 7) is 5.15. The van der Waals surface area contributed by atoms with Gasteiger partial charge in [-0.1, -0.05) is 6.07 Å². The normalized spacial score (nSPS) is 26.9. The summed E-state index contributed by atoms with van der Waals surface area (Å²) in [5.74, 6) is 0.838. The zero-order valence-corrected chi connectivity index (χ0v) is 17.6. The molecule has 1 spiro atoms. The van der Waals surface area contributed by atoms with Gasteiger partial charge in [0.2, 0.25) is 0 Å². The smallest absolute Gasteiger partial charge is 0.253 e. The van der Waals surface area contributed by atoms with Crippen molar-refractivity contribution in [1.82, 2.24) is 9.80 Å². The molecule has 30 heavy (non-hydrogen) atoms. The van der Waals surface area contributed by atoms with Crippen LogP contribution in [0.15, 0.2) is 24.3 Å². The van der Waals surface area contributed by atoms with Gasteiger partial charge in [0.15, 0.2) is 0 Å². The molecule has 0 radical (unpaired) electrons. The highest BCUT2D eigenvalue weighted by Crippen LogP contribution is 2.45. The van der Waals surface area contributed by atoms with Crippen LogP contribution in [0.25, 0.3) is 0 Å². The van der Waals surface area contributed by atoms with E-state index in [4.69, 9.17) is 14.7 Å². The number of hydrogen-bond acceptors (Lipinski definition) is 5. The van der Waals surface area contributed by atoms with Gasteiger partial charge in [0.1, 0.15) is 0 Å². The van der Waals surface area contributed by atoms with E-state index in [0.29, 0.717) is 23.3 Å². The summed E-state index contributed by atoms with van der Waals surface area (Å²) in [6, 6.07) is 9.66. The molecule has 160 valence electrons. The number of likely N-dealkylation sites (tertiary alicyclic amines) is 2. The fraction of sp³-hybridized carbons (Fsp3) is 0.667. The summed E-state index contributed by atoms with van der Waals surface area (Å²) in [7, 11) is 0. The molecule has 1 aromatic carbocycles. The van der Waals surface area contributed by atoms with Gasteiger partial charge in [0.05, 0.1) is 23.3 Å². The lowest BCUT2D eigenvalue weighted by molar-refractivity contribution is -0.217. The van der Waals surface area contributed by atoms with Crippen molar-refractivity contribution in [2.24, 2.45) is 5.92 Å². The minimum Gasteiger partial charge on any atom is -0.381 e. The Hall–Kier alpha value is -1.94. The van der Waals surface area contributed by atoms with Crippen molar-refractivity contribution in [1.29, 1.82) is 5.26 Å². The van der Waals surface area contributed by atoms with Crippen LogP contribution in [0, 0.1) is 17.2 Å². The van der Waals surface area contributed by atoms with E-state index < -0.39 is 0 Å². The molecule has 4 aliphatic rings. The van der Waals surface area contributed by atoms with Crippen LogP contribution in [0.4, 0.5) is 0 Å². The second-order valence-corrected chi connectivity index (χ2v) is 9.35. The summed E-state index contributed by atoms with van der Waals surface area (Å²) in [5, 5.41) is 9.10. The second-order valence-electron chi connectivity index (χ2n) is 9.35. The Kier molecular flexibility index (Phi) is 5.53. The second kappa shape index (κ2) is 8.30. The maximum atomic E-state index is 12.9. The monoisotopic (exact) mass is 409 g/mol. The molecule has 0 aromatic heterocycles. The van der Waals surface area contributed by atoms with Crippen LogP contribution in [0.2, 0.25) is 0 Å². The lowest BCUT2D eigenvalue weighted by Gasteiger charge is -2.63. The van der Waals surface area contributed by atoms with Gasteiger partial charge in [-0.2, -0.15) is 5.26 Å². The fourth-order valence-electron chi connectivity index (χ4n) is 5.48. The molecule has 1 atom stereocenters. The molecule has 3 aliphatic heterocycles. The Bertz CT molecular complexity index is 817. The predicted octanol–water partition coefficient (Wildman–Crippen LogP) is 2.82. The number of nitrogens with zero attached hydrogens (tertiary/aromatic N) is 3. The van der Waals surface area contributed by atoms with Crippen LogP contribution in [0.3, 0.4) is 0 Å². The SMILES string of the molecule is N#Cc1cccc(C(=O)N2CCC(N3CC(OCC4CC4)C34CCOCC4)CC2)c1. The highest BCUT2D eigenvalue weighted by Gasteiger charge is 2.57. The van der Waals surface area contributed by atoms with Gasteiger partial charge >= 0.3 is 0 Å². The molecule has 1 aliphatic carbocycles. The predicted molar refractivity (Wildman–Crippen MR) is 112 cm³/mol. The van der Waals surface area contributed by atoms with Crippen molar-refractivity contribution in [2.45, 2.75) is 56.2 Å². The van der Waals surface area contributed by atoms with E-state index in [-0.39, 0.29) is 11.4 Å². The van der Waals surface area contributed by atoms with E-state index in [2.05, 4.69) is 11.0 Å². The van der Waals surface area contributed by atoms with Crippen LogP contribution in [-0.4, -0.2) is 72.8 Å². The maximum absolute atomic E-state index is 12.9. The number of carbonyl (C=O) groups excluding carboxylic acids is 1. The molecular formula is C24H31N3O3. The van der Waals surface area contributed by atoms with E-state index >= 15 is 0 Å². The molecular weight excluding hydrogens is 378 g/mol. The van der Waals surface area contributed by atoms with Crippen molar-refractivity contribution >= 4 is 5.91 Å². The van der Waals surface area contributed by atoms with Gasteiger partial charge in [-0.25, -0.2) is 0 Å².